The molecule has 192 valence electrons. The van der Waals surface area contributed by atoms with Gasteiger partial charge >= 0.3 is 5.97 Å². The van der Waals surface area contributed by atoms with Gasteiger partial charge in [-0.15, -0.1) is 0 Å². The number of hydrogen-bond acceptors (Lipinski definition) is 7. The molecule has 1 aliphatic rings. The number of hydrogen-bond donors (Lipinski definition) is 4. The lowest BCUT2D eigenvalue weighted by atomic mass is 9.92. The van der Waals surface area contributed by atoms with Gasteiger partial charge in [0.1, 0.15) is 5.82 Å². The van der Waals surface area contributed by atoms with E-state index >= 15 is 0 Å². The number of rotatable bonds is 8. The Morgan fingerprint density at radius 2 is 1.89 bits per heavy atom. The Labute approximate surface area is 221 Å². The van der Waals surface area contributed by atoms with E-state index in [-0.39, 0.29) is 23.8 Å². The molecule has 1 atom stereocenters. The predicted octanol–water partition coefficient (Wildman–Crippen LogP) is 4.84. The van der Waals surface area contributed by atoms with Crippen LogP contribution in [-0.2, 0) is 14.3 Å². The Morgan fingerprint density at radius 3 is 2.59 bits per heavy atom. The van der Waals surface area contributed by atoms with Gasteiger partial charge in [-0.2, -0.15) is 4.98 Å². The molecule has 1 aromatic heterocycles. The normalized spacial score (nSPS) is 14.4. The molecule has 3 aromatic rings. The number of carbonyl (C=O) groups is 3. The molecule has 10 nitrogen and oxygen atoms in total. The van der Waals surface area contributed by atoms with Gasteiger partial charge in [-0.3, -0.25) is 19.4 Å². The van der Waals surface area contributed by atoms with Gasteiger partial charge in [0.25, 0.3) is 5.56 Å². The third-order valence-corrected chi connectivity index (χ3v) is 6.12. The zero-order chi connectivity index (χ0) is 26.5. The van der Waals surface area contributed by atoms with Crippen molar-refractivity contribution in [2.75, 3.05) is 22.6 Å². The maximum atomic E-state index is 13.1. The minimum absolute atomic E-state index is 0.0238. The van der Waals surface area contributed by atoms with Crippen LogP contribution in [0.15, 0.2) is 47.3 Å². The Hall–Kier alpha value is -3.89. The van der Waals surface area contributed by atoms with Gasteiger partial charge in [0.2, 0.25) is 17.8 Å². The number of fused-ring (bicyclic) bond motifs is 1. The number of nitrogens with one attached hydrogen (secondary N) is 4. The molecular formula is C25H23Cl2N5O5. The molecule has 0 fully saturated rings. The molecule has 0 saturated carbocycles. The maximum Gasteiger partial charge on any atom is 0.338 e. The van der Waals surface area contributed by atoms with Crippen molar-refractivity contribution in [1.82, 2.24) is 9.97 Å². The molecule has 0 aliphatic carbocycles. The monoisotopic (exact) mass is 543 g/mol. The third kappa shape index (κ3) is 6.28. The molecule has 0 saturated heterocycles. The van der Waals surface area contributed by atoms with Gasteiger partial charge in [-0.05, 0) is 48.9 Å². The average molecular weight is 544 g/mol. The van der Waals surface area contributed by atoms with Crippen molar-refractivity contribution in [3.63, 3.8) is 0 Å². The van der Waals surface area contributed by atoms with E-state index in [0.29, 0.717) is 33.6 Å². The third-order valence-electron chi connectivity index (χ3n) is 5.57. The molecule has 4 rings (SSSR count). The molecule has 1 aliphatic heterocycles. The van der Waals surface area contributed by atoms with Gasteiger partial charge in [-0.1, -0.05) is 36.5 Å². The highest BCUT2D eigenvalue weighted by Gasteiger charge is 2.35. The lowest BCUT2D eigenvalue weighted by Gasteiger charge is -2.23. The van der Waals surface area contributed by atoms with E-state index in [9.17, 15) is 19.2 Å². The van der Waals surface area contributed by atoms with E-state index in [0.717, 1.165) is 12.8 Å². The summed E-state index contributed by atoms with van der Waals surface area (Å²) >= 11 is 12.1. The highest BCUT2D eigenvalue weighted by Crippen LogP contribution is 2.31. The number of anilines is 4. The number of benzene rings is 2. The summed E-state index contributed by atoms with van der Waals surface area (Å²) in [4.78, 5) is 57.3. The maximum absolute atomic E-state index is 13.1. The molecule has 0 radical (unpaired) electrons. The quantitative estimate of drug-likeness (QED) is 0.235. The largest absolute Gasteiger partial charge is 0.462 e. The minimum atomic E-state index is -1.08. The Kier molecular flexibility index (Phi) is 8.10. The van der Waals surface area contributed by atoms with Crippen LogP contribution >= 0.6 is 23.2 Å². The van der Waals surface area contributed by atoms with E-state index in [1.54, 1.807) is 24.3 Å². The predicted molar refractivity (Wildman–Crippen MR) is 141 cm³/mol. The number of carbonyl (C=O) groups excluding carboxylic acids is 3. The Bertz CT molecular complexity index is 1410. The summed E-state index contributed by atoms with van der Waals surface area (Å²) in [5.74, 6) is -2.57. The van der Waals surface area contributed by atoms with Gasteiger partial charge in [0, 0.05) is 17.1 Å². The van der Waals surface area contributed by atoms with Crippen LogP contribution in [0.1, 0.15) is 48.0 Å². The number of aromatic nitrogens is 2. The molecular weight excluding hydrogens is 521 g/mol. The molecule has 37 heavy (non-hydrogen) atoms. The van der Waals surface area contributed by atoms with Gasteiger partial charge in [-0.25, -0.2) is 4.79 Å². The van der Waals surface area contributed by atoms with Gasteiger partial charge < -0.3 is 20.7 Å². The van der Waals surface area contributed by atoms with Crippen LogP contribution in [0.4, 0.5) is 23.1 Å². The first kappa shape index (κ1) is 26.2. The van der Waals surface area contributed by atoms with Crippen LogP contribution in [0.2, 0.25) is 10.0 Å². The zero-order valence-electron chi connectivity index (χ0n) is 19.7. The van der Waals surface area contributed by atoms with Crippen LogP contribution in [0, 0.1) is 0 Å². The van der Waals surface area contributed by atoms with E-state index < -0.39 is 29.3 Å². The second-order valence-corrected chi connectivity index (χ2v) is 9.13. The van der Waals surface area contributed by atoms with Crippen LogP contribution < -0.4 is 21.5 Å². The number of ether oxygens (including phenoxy) is 1. The first-order valence-electron chi connectivity index (χ1n) is 11.5. The molecule has 0 bridgehead atoms. The van der Waals surface area contributed by atoms with Crippen LogP contribution in [0.5, 0.6) is 0 Å². The summed E-state index contributed by atoms with van der Waals surface area (Å²) in [5.41, 5.74) is 0.604. The number of amides is 2. The van der Waals surface area contributed by atoms with Crippen molar-refractivity contribution in [2.24, 2.45) is 0 Å². The molecule has 12 heteroatoms. The smallest absolute Gasteiger partial charge is 0.338 e. The number of aromatic amines is 1. The zero-order valence-corrected chi connectivity index (χ0v) is 21.2. The van der Waals surface area contributed by atoms with Crippen molar-refractivity contribution in [3.8, 4) is 0 Å². The molecule has 2 aromatic carbocycles. The fourth-order valence-electron chi connectivity index (χ4n) is 3.68. The van der Waals surface area contributed by atoms with Gasteiger partial charge in [0.15, 0.2) is 0 Å². The summed E-state index contributed by atoms with van der Waals surface area (Å²) in [5, 5.41) is 8.84. The summed E-state index contributed by atoms with van der Waals surface area (Å²) in [6.07, 6.45) is 1.45. The molecule has 2 heterocycles. The average Bonchev–Trinajstić information content (AvgIpc) is 2.85. The number of H-pyrrole nitrogens is 1. The topological polar surface area (TPSA) is 142 Å². The number of halogens is 2. The van der Waals surface area contributed by atoms with E-state index in [1.807, 2.05) is 6.92 Å². The molecule has 1 unspecified atom stereocenters. The molecule has 2 amide bonds. The molecule has 0 spiro atoms. The summed E-state index contributed by atoms with van der Waals surface area (Å²) in [6, 6.07) is 10.9. The first-order chi connectivity index (χ1) is 17.7. The van der Waals surface area contributed by atoms with Crippen LogP contribution in [0.25, 0.3) is 0 Å². The van der Waals surface area contributed by atoms with E-state index in [1.165, 1.54) is 18.2 Å². The lowest BCUT2D eigenvalue weighted by molar-refractivity contribution is -0.123. The number of unbranched alkanes of at least 4 members (excludes halogenated alkanes) is 1. The minimum Gasteiger partial charge on any atom is -0.462 e. The highest BCUT2D eigenvalue weighted by atomic mass is 35.5. The first-order valence-corrected chi connectivity index (χ1v) is 12.2. The number of nitrogens with zero attached hydrogens (tertiary/aromatic N) is 1. The highest BCUT2D eigenvalue weighted by molar-refractivity contribution is 6.36. The van der Waals surface area contributed by atoms with E-state index in [4.69, 9.17) is 27.9 Å². The summed E-state index contributed by atoms with van der Waals surface area (Å²) in [6.45, 7) is 2.33. The summed E-state index contributed by atoms with van der Waals surface area (Å²) < 4.78 is 5.17. The van der Waals surface area contributed by atoms with E-state index in [2.05, 4.69) is 25.9 Å². The van der Waals surface area contributed by atoms with Crippen molar-refractivity contribution in [3.05, 3.63) is 74.0 Å². The SMILES string of the molecule is CCCCOC(=O)c1ccc(NC(=O)C2CC(=O)Nc3nc(Nc4ccc(Cl)cc4Cl)[nH]c(=O)c32)cc1. The fraction of sp³-hybridized carbons (Fsp3) is 0.240. The second-order valence-electron chi connectivity index (χ2n) is 8.29. The Balaban J connectivity index is 1.51. The van der Waals surface area contributed by atoms with Crippen molar-refractivity contribution < 1.29 is 19.1 Å². The van der Waals surface area contributed by atoms with Crippen molar-refractivity contribution in [2.45, 2.75) is 32.1 Å². The van der Waals surface area contributed by atoms with Crippen LogP contribution in [0.3, 0.4) is 0 Å². The second kappa shape index (κ2) is 11.4. The Morgan fingerprint density at radius 1 is 1.14 bits per heavy atom. The summed E-state index contributed by atoms with van der Waals surface area (Å²) in [7, 11) is 0. The lowest BCUT2D eigenvalue weighted by Crippen LogP contribution is -2.36. The van der Waals surface area contributed by atoms with Gasteiger partial charge in [0.05, 0.1) is 34.4 Å². The standard InChI is InChI=1S/C25H23Cl2N5O5/c1-2-3-10-37-24(36)13-4-7-15(8-5-13)28-22(34)16-12-19(33)30-21-20(16)23(35)32-25(31-21)29-18-9-6-14(26)11-17(18)27/h4-9,11,16H,2-3,10,12H2,1H3,(H,28,34)(H3,29,30,31,32,33,35). The van der Waals surface area contributed by atoms with Crippen LogP contribution in [-0.4, -0.2) is 34.4 Å². The fourth-order valence-corrected chi connectivity index (χ4v) is 4.14. The van der Waals surface area contributed by atoms with Crippen molar-refractivity contribution >= 4 is 64.1 Å². The number of esters is 1. The molecule has 4 N–H and O–H groups in total. The van der Waals surface area contributed by atoms with Crippen molar-refractivity contribution in [1.29, 1.82) is 0 Å².